The predicted octanol–water partition coefficient (Wildman–Crippen LogP) is 1.76. The Kier molecular flexibility index (Phi) is 5.58. The van der Waals surface area contributed by atoms with Crippen molar-refractivity contribution in [3.63, 3.8) is 0 Å². The first-order chi connectivity index (χ1) is 6.86. The zero-order valence-corrected chi connectivity index (χ0v) is 9.05. The van der Waals surface area contributed by atoms with Crippen LogP contribution < -0.4 is 10.6 Å². The molecule has 1 rings (SSSR count). The average molecular weight is 195 g/mol. The molecule has 0 amide bonds. The van der Waals surface area contributed by atoms with E-state index in [1.165, 1.54) is 12.8 Å². The Morgan fingerprint density at radius 2 is 2.29 bits per heavy atom. The maximum absolute atomic E-state index is 8.40. The van der Waals surface area contributed by atoms with E-state index in [-0.39, 0.29) is 0 Å². The van der Waals surface area contributed by atoms with Gasteiger partial charge in [-0.2, -0.15) is 5.26 Å². The molecule has 2 atom stereocenters. The lowest BCUT2D eigenvalue weighted by Crippen LogP contribution is -2.53. The van der Waals surface area contributed by atoms with E-state index in [0.29, 0.717) is 18.6 Å². The standard InChI is InChI=1S/C11H21N3/c1-2-10-7-9-13-11(14-10)6-4-3-5-8-12/h10-11,13-14H,2-7,9H2,1H3. The molecule has 1 saturated heterocycles. The molecule has 0 spiro atoms. The molecule has 14 heavy (non-hydrogen) atoms. The molecule has 80 valence electrons. The van der Waals surface area contributed by atoms with Crippen molar-refractivity contribution in [3.8, 4) is 6.07 Å². The van der Waals surface area contributed by atoms with Gasteiger partial charge in [-0.15, -0.1) is 0 Å². The Morgan fingerprint density at radius 1 is 1.43 bits per heavy atom. The summed E-state index contributed by atoms with van der Waals surface area (Å²) in [4.78, 5) is 0. The molecule has 1 aliphatic rings. The molecular formula is C11H21N3. The number of hydrogen-bond donors (Lipinski definition) is 2. The molecule has 0 radical (unpaired) electrons. The lowest BCUT2D eigenvalue weighted by atomic mass is 10.1. The smallest absolute Gasteiger partial charge is 0.0621 e. The summed E-state index contributed by atoms with van der Waals surface area (Å²) >= 11 is 0. The highest BCUT2D eigenvalue weighted by molar-refractivity contribution is 4.79. The van der Waals surface area contributed by atoms with Gasteiger partial charge in [0.15, 0.2) is 0 Å². The van der Waals surface area contributed by atoms with E-state index in [2.05, 4.69) is 23.6 Å². The molecule has 0 bridgehead atoms. The highest BCUT2D eigenvalue weighted by atomic mass is 15.2. The molecule has 1 aliphatic heterocycles. The third-order valence-corrected chi connectivity index (χ3v) is 2.84. The van der Waals surface area contributed by atoms with Crippen LogP contribution in [0.25, 0.3) is 0 Å². The maximum atomic E-state index is 8.40. The fourth-order valence-electron chi connectivity index (χ4n) is 1.92. The number of nitrogens with zero attached hydrogens (tertiary/aromatic N) is 1. The Hall–Kier alpha value is -0.590. The molecule has 0 aromatic rings. The summed E-state index contributed by atoms with van der Waals surface area (Å²) in [5.74, 6) is 0. The maximum Gasteiger partial charge on any atom is 0.0621 e. The van der Waals surface area contributed by atoms with Crippen LogP contribution in [-0.2, 0) is 0 Å². The zero-order chi connectivity index (χ0) is 10.2. The quantitative estimate of drug-likeness (QED) is 0.657. The van der Waals surface area contributed by atoms with E-state index in [4.69, 9.17) is 5.26 Å². The second-order valence-corrected chi connectivity index (χ2v) is 3.97. The third-order valence-electron chi connectivity index (χ3n) is 2.84. The van der Waals surface area contributed by atoms with Gasteiger partial charge in [0.1, 0.15) is 0 Å². The molecule has 3 nitrogen and oxygen atoms in total. The van der Waals surface area contributed by atoms with Gasteiger partial charge < -0.3 is 5.32 Å². The van der Waals surface area contributed by atoms with Crippen LogP contribution >= 0.6 is 0 Å². The molecule has 1 fully saturated rings. The number of nitrogens with one attached hydrogen (secondary N) is 2. The van der Waals surface area contributed by atoms with Crippen molar-refractivity contribution in [2.45, 2.75) is 57.7 Å². The summed E-state index contributed by atoms with van der Waals surface area (Å²) < 4.78 is 0. The number of nitriles is 1. The van der Waals surface area contributed by atoms with E-state index < -0.39 is 0 Å². The molecule has 0 aromatic carbocycles. The monoisotopic (exact) mass is 195 g/mol. The lowest BCUT2D eigenvalue weighted by molar-refractivity contribution is 0.277. The van der Waals surface area contributed by atoms with Gasteiger partial charge in [0, 0.05) is 12.5 Å². The molecular weight excluding hydrogens is 174 g/mol. The summed E-state index contributed by atoms with van der Waals surface area (Å²) in [6.07, 6.45) is 6.97. The molecule has 3 heteroatoms. The molecule has 1 heterocycles. The summed E-state index contributed by atoms with van der Waals surface area (Å²) in [5, 5.41) is 15.5. The van der Waals surface area contributed by atoms with Crippen molar-refractivity contribution in [2.75, 3.05) is 6.54 Å². The minimum Gasteiger partial charge on any atom is -0.302 e. The first-order valence-corrected chi connectivity index (χ1v) is 5.73. The van der Waals surface area contributed by atoms with Gasteiger partial charge in [-0.25, -0.2) is 0 Å². The van der Waals surface area contributed by atoms with Crippen LogP contribution in [0.3, 0.4) is 0 Å². The topological polar surface area (TPSA) is 47.9 Å². The minimum absolute atomic E-state index is 0.479. The van der Waals surface area contributed by atoms with Gasteiger partial charge in [0.2, 0.25) is 0 Å². The second kappa shape index (κ2) is 6.80. The molecule has 0 aromatic heterocycles. The number of rotatable bonds is 5. The van der Waals surface area contributed by atoms with Crippen molar-refractivity contribution in [2.24, 2.45) is 0 Å². The average Bonchev–Trinajstić information content (AvgIpc) is 2.25. The lowest BCUT2D eigenvalue weighted by Gasteiger charge is -2.31. The third kappa shape index (κ3) is 4.08. The van der Waals surface area contributed by atoms with Crippen LogP contribution in [0, 0.1) is 11.3 Å². The van der Waals surface area contributed by atoms with Crippen molar-refractivity contribution in [3.05, 3.63) is 0 Å². The first kappa shape index (κ1) is 11.5. The summed E-state index contributed by atoms with van der Waals surface area (Å²) in [6, 6.07) is 2.88. The number of hydrogen-bond acceptors (Lipinski definition) is 3. The van der Waals surface area contributed by atoms with Crippen LogP contribution in [0.5, 0.6) is 0 Å². The first-order valence-electron chi connectivity index (χ1n) is 5.73. The zero-order valence-electron chi connectivity index (χ0n) is 9.05. The van der Waals surface area contributed by atoms with Gasteiger partial charge in [-0.05, 0) is 38.6 Å². The van der Waals surface area contributed by atoms with Gasteiger partial charge in [-0.3, -0.25) is 5.32 Å². The van der Waals surface area contributed by atoms with Crippen LogP contribution in [0.4, 0.5) is 0 Å². The fraction of sp³-hybridized carbons (Fsp3) is 0.909. The van der Waals surface area contributed by atoms with Crippen LogP contribution in [0.1, 0.15) is 45.4 Å². The SMILES string of the molecule is CCC1CCNC(CCCCC#N)N1. The molecule has 2 N–H and O–H groups in total. The highest BCUT2D eigenvalue weighted by Crippen LogP contribution is 2.08. The predicted molar refractivity (Wildman–Crippen MR) is 57.7 cm³/mol. The molecule has 2 unspecified atom stereocenters. The fourth-order valence-corrected chi connectivity index (χ4v) is 1.92. The van der Waals surface area contributed by atoms with Crippen LogP contribution in [0.2, 0.25) is 0 Å². The van der Waals surface area contributed by atoms with Gasteiger partial charge in [-0.1, -0.05) is 6.92 Å². The van der Waals surface area contributed by atoms with E-state index in [1.807, 2.05) is 0 Å². The van der Waals surface area contributed by atoms with E-state index in [0.717, 1.165) is 25.8 Å². The van der Waals surface area contributed by atoms with Crippen LogP contribution in [-0.4, -0.2) is 18.8 Å². The van der Waals surface area contributed by atoms with Gasteiger partial charge >= 0.3 is 0 Å². The molecule has 0 aliphatic carbocycles. The van der Waals surface area contributed by atoms with E-state index >= 15 is 0 Å². The van der Waals surface area contributed by atoms with Crippen molar-refractivity contribution < 1.29 is 0 Å². The second-order valence-electron chi connectivity index (χ2n) is 3.97. The Balaban J connectivity index is 2.08. The highest BCUT2D eigenvalue weighted by Gasteiger charge is 2.17. The Bertz CT molecular complexity index is 185. The Morgan fingerprint density at radius 3 is 3.00 bits per heavy atom. The number of unbranched alkanes of at least 4 members (excludes halogenated alkanes) is 2. The van der Waals surface area contributed by atoms with E-state index in [1.54, 1.807) is 0 Å². The van der Waals surface area contributed by atoms with Gasteiger partial charge in [0.05, 0.1) is 12.2 Å². The Labute approximate surface area is 86.9 Å². The summed E-state index contributed by atoms with van der Waals surface area (Å²) in [5.41, 5.74) is 0. The minimum atomic E-state index is 0.479. The largest absolute Gasteiger partial charge is 0.302 e. The van der Waals surface area contributed by atoms with Crippen molar-refractivity contribution in [1.29, 1.82) is 5.26 Å². The summed E-state index contributed by atoms with van der Waals surface area (Å²) in [7, 11) is 0. The summed E-state index contributed by atoms with van der Waals surface area (Å²) in [6.45, 7) is 3.37. The molecule has 0 saturated carbocycles. The normalized spacial score (nSPS) is 27.1. The van der Waals surface area contributed by atoms with Gasteiger partial charge in [0.25, 0.3) is 0 Å². The van der Waals surface area contributed by atoms with Crippen molar-refractivity contribution >= 4 is 0 Å². The van der Waals surface area contributed by atoms with Crippen LogP contribution in [0.15, 0.2) is 0 Å². The van der Waals surface area contributed by atoms with E-state index in [9.17, 15) is 0 Å². The van der Waals surface area contributed by atoms with Crippen molar-refractivity contribution in [1.82, 2.24) is 10.6 Å².